The molecule has 0 saturated carbocycles. The van der Waals surface area contributed by atoms with E-state index in [4.69, 9.17) is 16.0 Å². The minimum Gasteiger partial charge on any atom is -0.422 e. The lowest BCUT2D eigenvalue weighted by Crippen LogP contribution is -2.15. The second-order valence-corrected chi connectivity index (χ2v) is 6.04. The van der Waals surface area contributed by atoms with Crippen LogP contribution in [0.25, 0.3) is 21.9 Å². The molecular formula is C19H12ClNO3. The van der Waals surface area contributed by atoms with Crippen LogP contribution in [0.4, 0.5) is 0 Å². The minimum atomic E-state index is -0.461. The summed E-state index contributed by atoms with van der Waals surface area (Å²) in [5.41, 5.74) is 1.73. The monoisotopic (exact) mass is 337 g/mol. The van der Waals surface area contributed by atoms with Crippen molar-refractivity contribution < 1.29 is 4.42 Å². The van der Waals surface area contributed by atoms with E-state index in [9.17, 15) is 9.59 Å². The van der Waals surface area contributed by atoms with Crippen LogP contribution in [0.5, 0.6) is 0 Å². The van der Waals surface area contributed by atoms with Crippen LogP contribution < -0.4 is 11.2 Å². The minimum absolute atomic E-state index is 0.215. The normalized spacial score (nSPS) is 11.2. The van der Waals surface area contributed by atoms with Crippen molar-refractivity contribution in [3.8, 4) is 0 Å². The van der Waals surface area contributed by atoms with Crippen LogP contribution >= 0.6 is 11.6 Å². The Hall–Kier alpha value is -2.85. The molecule has 2 aromatic carbocycles. The molecule has 1 N–H and O–H groups in total. The largest absolute Gasteiger partial charge is 0.422 e. The number of halogens is 1. The Morgan fingerprint density at radius 3 is 2.50 bits per heavy atom. The molecule has 0 saturated heterocycles. The standard InChI is InChI=1S/C19H12ClNO3/c20-13-7-5-11(6-8-13)9-12-10-15-17(21-18(12)22)14-3-1-2-4-16(14)24-19(15)23/h1-8,10H,9H2,(H,21,22). The summed E-state index contributed by atoms with van der Waals surface area (Å²) in [6.07, 6.45) is 0.411. The van der Waals surface area contributed by atoms with Crippen molar-refractivity contribution in [2.45, 2.75) is 6.42 Å². The van der Waals surface area contributed by atoms with Gasteiger partial charge in [0.15, 0.2) is 0 Å². The van der Waals surface area contributed by atoms with Gasteiger partial charge in [0.1, 0.15) is 5.58 Å². The summed E-state index contributed by atoms with van der Waals surface area (Å²) in [5, 5.41) is 1.72. The maximum absolute atomic E-state index is 12.4. The molecule has 0 amide bonds. The van der Waals surface area contributed by atoms with Crippen molar-refractivity contribution in [2.24, 2.45) is 0 Å². The predicted octanol–water partition coefficient (Wildman–Crippen LogP) is 3.88. The van der Waals surface area contributed by atoms with Crippen LogP contribution in [0.1, 0.15) is 11.1 Å². The average molecular weight is 338 g/mol. The molecule has 0 unspecified atom stereocenters. The van der Waals surface area contributed by atoms with E-state index >= 15 is 0 Å². The first-order valence-corrected chi connectivity index (χ1v) is 7.82. The first kappa shape index (κ1) is 14.7. The average Bonchev–Trinajstić information content (AvgIpc) is 2.58. The number of aromatic amines is 1. The van der Waals surface area contributed by atoms with Crippen LogP contribution in [0.15, 0.2) is 68.6 Å². The van der Waals surface area contributed by atoms with E-state index in [1.165, 1.54) is 0 Å². The van der Waals surface area contributed by atoms with Crippen molar-refractivity contribution in [3.05, 3.63) is 91.5 Å². The van der Waals surface area contributed by atoms with Crippen LogP contribution in [0, 0.1) is 0 Å². The Labute approximate surface area is 141 Å². The second kappa shape index (κ2) is 5.65. The molecule has 0 aliphatic rings. The fourth-order valence-electron chi connectivity index (χ4n) is 2.82. The summed E-state index contributed by atoms with van der Waals surface area (Å²) >= 11 is 5.88. The molecule has 0 atom stereocenters. The summed E-state index contributed by atoms with van der Waals surface area (Å²) in [6, 6.07) is 16.0. The van der Waals surface area contributed by atoms with Gasteiger partial charge in [-0.25, -0.2) is 4.79 Å². The number of rotatable bonds is 2. The third kappa shape index (κ3) is 2.51. The molecule has 4 rings (SSSR count). The summed E-state index contributed by atoms with van der Waals surface area (Å²) in [4.78, 5) is 27.5. The van der Waals surface area contributed by atoms with Crippen molar-refractivity contribution in [3.63, 3.8) is 0 Å². The molecule has 24 heavy (non-hydrogen) atoms. The van der Waals surface area contributed by atoms with Gasteiger partial charge in [-0.3, -0.25) is 4.79 Å². The van der Waals surface area contributed by atoms with Gasteiger partial charge in [-0.2, -0.15) is 0 Å². The maximum Gasteiger partial charge on any atom is 0.345 e. The van der Waals surface area contributed by atoms with E-state index in [1.807, 2.05) is 24.3 Å². The van der Waals surface area contributed by atoms with Crippen molar-refractivity contribution >= 4 is 33.5 Å². The van der Waals surface area contributed by atoms with Gasteiger partial charge in [-0.1, -0.05) is 35.9 Å². The second-order valence-electron chi connectivity index (χ2n) is 5.60. The molecule has 2 aromatic heterocycles. The molecule has 0 aliphatic heterocycles. The number of fused-ring (bicyclic) bond motifs is 3. The quantitative estimate of drug-likeness (QED) is 0.446. The van der Waals surface area contributed by atoms with Gasteiger partial charge in [0.05, 0.1) is 10.9 Å². The third-order valence-electron chi connectivity index (χ3n) is 4.00. The molecule has 2 heterocycles. The highest BCUT2D eigenvalue weighted by Crippen LogP contribution is 2.21. The summed E-state index contributed by atoms with van der Waals surface area (Å²) in [7, 11) is 0. The maximum atomic E-state index is 12.4. The van der Waals surface area contributed by atoms with Crippen LogP contribution in [-0.4, -0.2) is 4.98 Å². The first-order chi connectivity index (χ1) is 11.6. The fourth-order valence-corrected chi connectivity index (χ4v) is 2.94. The highest BCUT2D eigenvalue weighted by molar-refractivity contribution is 6.30. The number of benzene rings is 2. The van der Waals surface area contributed by atoms with Gasteiger partial charge in [0, 0.05) is 22.4 Å². The van der Waals surface area contributed by atoms with Gasteiger partial charge >= 0.3 is 5.63 Å². The van der Waals surface area contributed by atoms with Gasteiger partial charge in [0.25, 0.3) is 5.56 Å². The first-order valence-electron chi connectivity index (χ1n) is 7.44. The molecule has 0 fully saturated rings. The summed E-state index contributed by atoms with van der Waals surface area (Å²) < 4.78 is 5.34. The number of para-hydroxylation sites is 1. The van der Waals surface area contributed by atoms with Crippen molar-refractivity contribution in [2.75, 3.05) is 0 Å². The van der Waals surface area contributed by atoms with Crippen LogP contribution in [0.3, 0.4) is 0 Å². The number of nitrogens with one attached hydrogen (secondary N) is 1. The molecule has 0 radical (unpaired) electrons. The third-order valence-corrected chi connectivity index (χ3v) is 4.26. The van der Waals surface area contributed by atoms with E-state index in [1.54, 1.807) is 30.3 Å². The smallest absolute Gasteiger partial charge is 0.345 e. The number of pyridine rings is 1. The number of H-pyrrole nitrogens is 1. The van der Waals surface area contributed by atoms with Gasteiger partial charge < -0.3 is 9.40 Å². The lowest BCUT2D eigenvalue weighted by atomic mass is 10.0. The molecule has 0 aliphatic carbocycles. The highest BCUT2D eigenvalue weighted by Gasteiger charge is 2.11. The molecular weight excluding hydrogens is 326 g/mol. The van der Waals surface area contributed by atoms with E-state index in [0.717, 1.165) is 5.56 Å². The SMILES string of the molecule is O=c1[nH]c2c(cc1Cc1ccc(Cl)cc1)c(=O)oc1ccccc12. The Kier molecular flexibility index (Phi) is 3.47. The highest BCUT2D eigenvalue weighted by atomic mass is 35.5. The van der Waals surface area contributed by atoms with Crippen LogP contribution in [0.2, 0.25) is 5.02 Å². The van der Waals surface area contributed by atoms with E-state index in [2.05, 4.69) is 4.98 Å². The van der Waals surface area contributed by atoms with Gasteiger partial charge in [-0.05, 0) is 35.9 Å². The summed E-state index contributed by atoms with van der Waals surface area (Å²) in [5.74, 6) is 0. The van der Waals surface area contributed by atoms with Gasteiger partial charge in [0.2, 0.25) is 0 Å². The number of hydrogen-bond donors (Lipinski definition) is 1. The molecule has 0 spiro atoms. The number of aromatic nitrogens is 1. The lowest BCUT2D eigenvalue weighted by molar-refractivity contribution is 0.569. The Morgan fingerprint density at radius 2 is 1.71 bits per heavy atom. The van der Waals surface area contributed by atoms with E-state index in [0.29, 0.717) is 38.9 Å². The topological polar surface area (TPSA) is 63.1 Å². The molecule has 4 aromatic rings. The zero-order chi connectivity index (χ0) is 16.7. The Balaban J connectivity index is 1.92. The zero-order valence-electron chi connectivity index (χ0n) is 12.5. The van der Waals surface area contributed by atoms with Crippen molar-refractivity contribution in [1.29, 1.82) is 0 Å². The van der Waals surface area contributed by atoms with Gasteiger partial charge in [-0.15, -0.1) is 0 Å². The molecule has 5 heteroatoms. The zero-order valence-corrected chi connectivity index (χ0v) is 13.3. The lowest BCUT2D eigenvalue weighted by Gasteiger charge is -2.05. The molecule has 118 valence electrons. The molecule has 4 nitrogen and oxygen atoms in total. The Morgan fingerprint density at radius 1 is 0.958 bits per heavy atom. The number of hydrogen-bond acceptors (Lipinski definition) is 3. The summed E-state index contributed by atoms with van der Waals surface area (Å²) in [6.45, 7) is 0. The van der Waals surface area contributed by atoms with Crippen LogP contribution in [-0.2, 0) is 6.42 Å². The van der Waals surface area contributed by atoms with E-state index < -0.39 is 5.63 Å². The fraction of sp³-hybridized carbons (Fsp3) is 0.0526. The van der Waals surface area contributed by atoms with Crippen molar-refractivity contribution in [1.82, 2.24) is 4.98 Å². The van der Waals surface area contributed by atoms with E-state index in [-0.39, 0.29) is 5.56 Å². The molecule has 0 bridgehead atoms. The predicted molar refractivity (Wildman–Crippen MR) is 94.9 cm³/mol. The Bertz CT molecular complexity index is 1170.